The zero-order chi connectivity index (χ0) is 27.2. The average molecular weight is 516 g/mol. The third-order valence-electron chi connectivity index (χ3n) is 3.59. The van der Waals surface area contributed by atoms with E-state index in [4.69, 9.17) is 29.7 Å². The summed E-state index contributed by atoms with van der Waals surface area (Å²) in [6, 6.07) is 0. The summed E-state index contributed by atoms with van der Waals surface area (Å²) < 4.78 is 27.6. The molecule has 0 aromatic carbocycles. The van der Waals surface area contributed by atoms with E-state index in [1.54, 1.807) is 48.5 Å². The highest BCUT2D eigenvalue weighted by Crippen LogP contribution is 2.37. The summed E-state index contributed by atoms with van der Waals surface area (Å²) in [5, 5.41) is 0. The first kappa shape index (κ1) is 30.2. The summed E-state index contributed by atoms with van der Waals surface area (Å²) in [7, 11) is -4.29. The van der Waals surface area contributed by atoms with Gasteiger partial charge in [-0.3, -0.25) is 18.7 Å². The Balaban J connectivity index is 0.000000367. The van der Waals surface area contributed by atoms with Crippen LogP contribution in [-0.4, -0.2) is 58.8 Å². The van der Waals surface area contributed by atoms with E-state index in [-0.39, 0.29) is 12.2 Å². The fraction of sp³-hybridized carbons (Fsp3) is 0.571. The molecule has 0 fully saturated rings. The van der Waals surface area contributed by atoms with Gasteiger partial charge in [-0.2, -0.15) is 0 Å². The van der Waals surface area contributed by atoms with Gasteiger partial charge in [0.2, 0.25) is 0 Å². The highest BCUT2D eigenvalue weighted by atomic mass is 31.2. The zero-order valence-electron chi connectivity index (χ0n) is 21.0. The van der Waals surface area contributed by atoms with Crippen molar-refractivity contribution in [2.45, 2.75) is 72.3 Å². The van der Waals surface area contributed by atoms with Crippen molar-refractivity contribution in [2.24, 2.45) is 0 Å². The van der Waals surface area contributed by atoms with Gasteiger partial charge < -0.3 is 29.7 Å². The van der Waals surface area contributed by atoms with Crippen molar-refractivity contribution in [1.82, 2.24) is 19.5 Å². The molecule has 0 aliphatic carbocycles. The lowest BCUT2D eigenvalue weighted by Crippen LogP contribution is -2.29. The second-order valence-electron chi connectivity index (χ2n) is 9.59. The third kappa shape index (κ3) is 11.4. The van der Waals surface area contributed by atoms with Crippen LogP contribution in [0, 0.1) is 0 Å². The van der Waals surface area contributed by atoms with Crippen molar-refractivity contribution < 1.29 is 38.2 Å². The van der Waals surface area contributed by atoms with E-state index in [1.807, 2.05) is 0 Å². The van der Waals surface area contributed by atoms with Gasteiger partial charge in [-0.05, 0) is 54.0 Å². The summed E-state index contributed by atoms with van der Waals surface area (Å²) in [5.41, 5.74) is 5.86. The van der Waals surface area contributed by atoms with Gasteiger partial charge >= 0.3 is 19.5 Å². The summed E-state index contributed by atoms with van der Waals surface area (Å²) in [6.45, 7) is 15.9. The number of aromatic nitrogens is 4. The molecule has 2 heterocycles. The van der Waals surface area contributed by atoms with Gasteiger partial charge in [0.15, 0.2) is 24.0 Å². The number of carbonyl (C=O) groups is 2. The normalized spacial score (nSPS) is 12.9. The molecule has 0 bridgehead atoms. The molecule has 196 valence electrons. The molecule has 0 saturated carbocycles. The van der Waals surface area contributed by atoms with E-state index in [0.29, 0.717) is 16.7 Å². The van der Waals surface area contributed by atoms with Crippen LogP contribution in [0.2, 0.25) is 0 Å². The molecular formula is C21H34N5O8P. The highest BCUT2D eigenvalue weighted by Gasteiger charge is 2.23. The van der Waals surface area contributed by atoms with E-state index < -0.39 is 43.3 Å². The van der Waals surface area contributed by atoms with Crippen LogP contribution in [0.5, 0.6) is 0 Å². The van der Waals surface area contributed by atoms with Gasteiger partial charge in [0.25, 0.3) is 0 Å². The zero-order valence-corrected chi connectivity index (χ0v) is 21.9. The van der Waals surface area contributed by atoms with E-state index in [0.717, 1.165) is 0 Å². The molecule has 0 amide bonds. The number of hydrogen-bond acceptors (Lipinski definition) is 10. The molecule has 1 atom stereocenters. The molecule has 13 nitrogen and oxygen atoms in total. The summed E-state index contributed by atoms with van der Waals surface area (Å²) in [5.74, 6) is -0.905. The molecule has 2 rings (SSSR count). The largest absolute Gasteiger partial charge is 0.460 e. The quantitative estimate of drug-likeness (QED) is 0.212. The minimum Gasteiger partial charge on any atom is -0.460 e. The van der Waals surface area contributed by atoms with Gasteiger partial charge in [-0.1, -0.05) is 6.58 Å². The van der Waals surface area contributed by atoms with Crippen LogP contribution in [0.25, 0.3) is 11.2 Å². The molecule has 0 radical (unpaired) electrons. The van der Waals surface area contributed by atoms with E-state index in [2.05, 4.69) is 21.5 Å². The maximum absolute atomic E-state index is 11.2. The first-order valence-electron chi connectivity index (χ1n) is 10.5. The number of nitrogen functional groups attached to an aromatic ring is 1. The molecule has 0 spiro atoms. The molecule has 14 heteroatoms. The van der Waals surface area contributed by atoms with Gasteiger partial charge in [0, 0.05) is 0 Å². The number of ether oxygens (including phenoxy) is 3. The monoisotopic (exact) mass is 515 g/mol. The molecule has 1 unspecified atom stereocenters. The SMILES string of the molecule is C=C(C)C(OCP(=O)(O)O)n1cnc2c(N)ncnc21.CC(C)(C)OC(=O)CC(=O)OC(C)(C)C. The van der Waals surface area contributed by atoms with Crippen LogP contribution in [0.3, 0.4) is 0 Å². The number of hydrogen-bond donors (Lipinski definition) is 3. The molecule has 0 saturated heterocycles. The number of rotatable bonds is 7. The second kappa shape index (κ2) is 11.7. The maximum atomic E-state index is 11.2. The topological polar surface area (TPSA) is 189 Å². The van der Waals surface area contributed by atoms with Crippen molar-refractivity contribution in [2.75, 3.05) is 12.1 Å². The van der Waals surface area contributed by atoms with Crippen LogP contribution >= 0.6 is 7.60 Å². The van der Waals surface area contributed by atoms with Gasteiger partial charge in [-0.25, -0.2) is 15.0 Å². The number of esters is 2. The van der Waals surface area contributed by atoms with Gasteiger partial charge in [0.1, 0.15) is 29.5 Å². The Kier molecular flexibility index (Phi) is 10.1. The van der Waals surface area contributed by atoms with Crippen LogP contribution in [0.1, 0.15) is 61.1 Å². The van der Waals surface area contributed by atoms with Crippen molar-refractivity contribution in [3.63, 3.8) is 0 Å². The van der Waals surface area contributed by atoms with Crippen molar-refractivity contribution in [3.05, 3.63) is 24.8 Å². The summed E-state index contributed by atoms with van der Waals surface area (Å²) in [6.07, 6.45) is 0.810. The second-order valence-corrected chi connectivity index (χ2v) is 11.2. The molecule has 2 aromatic rings. The number of anilines is 1. The molecule has 4 N–H and O–H groups in total. The van der Waals surface area contributed by atoms with E-state index >= 15 is 0 Å². The Hall–Kier alpha value is -2.86. The van der Waals surface area contributed by atoms with Gasteiger partial charge in [-0.15, -0.1) is 0 Å². The Morgan fingerprint density at radius 3 is 2.03 bits per heavy atom. The predicted molar refractivity (Wildman–Crippen MR) is 128 cm³/mol. The Labute approximate surface area is 203 Å². The fourth-order valence-electron chi connectivity index (χ4n) is 2.54. The first-order chi connectivity index (χ1) is 15.8. The molecule has 35 heavy (non-hydrogen) atoms. The number of imidazole rings is 1. The van der Waals surface area contributed by atoms with Crippen molar-refractivity contribution >= 4 is 36.5 Å². The minimum atomic E-state index is -4.29. The lowest BCUT2D eigenvalue weighted by atomic mass is 10.2. The molecule has 0 aliphatic rings. The van der Waals surface area contributed by atoms with E-state index in [9.17, 15) is 14.2 Å². The third-order valence-corrected chi connectivity index (χ3v) is 4.08. The van der Waals surface area contributed by atoms with Crippen molar-refractivity contribution in [1.29, 1.82) is 0 Å². The minimum absolute atomic E-state index is 0.212. The Morgan fingerprint density at radius 1 is 1.09 bits per heavy atom. The van der Waals surface area contributed by atoms with Crippen LogP contribution in [0.4, 0.5) is 5.82 Å². The number of nitrogens with two attached hydrogens (primary N) is 1. The Bertz CT molecular complexity index is 1070. The smallest absolute Gasteiger partial charge is 0.351 e. The summed E-state index contributed by atoms with van der Waals surface area (Å²) >= 11 is 0. The molecule has 2 aromatic heterocycles. The van der Waals surface area contributed by atoms with E-state index in [1.165, 1.54) is 17.2 Å². The maximum Gasteiger partial charge on any atom is 0.351 e. The number of carbonyl (C=O) groups excluding carboxylic acids is 2. The number of nitrogens with zero attached hydrogens (tertiary/aromatic N) is 4. The first-order valence-corrected chi connectivity index (χ1v) is 12.3. The molecule has 0 aliphatic heterocycles. The summed E-state index contributed by atoms with van der Waals surface area (Å²) in [4.78, 5) is 52.2. The fourth-order valence-corrected chi connectivity index (χ4v) is 2.88. The predicted octanol–water partition coefficient (Wildman–Crippen LogP) is 2.69. The van der Waals surface area contributed by atoms with Crippen LogP contribution in [-0.2, 0) is 28.4 Å². The number of fused-ring (bicyclic) bond motifs is 1. The lowest BCUT2D eigenvalue weighted by molar-refractivity contribution is -0.166. The Morgan fingerprint density at radius 2 is 1.60 bits per heavy atom. The molecular weight excluding hydrogens is 481 g/mol. The van der Waals surface area contributed by atoms with Gasteiger partial charge in [0.05, 0.1) is 6.33 Å². The highest BCUT2D eigenvalue weighted by molar-refractivity contribution is 7.51. The van der Waals surface area contributed by atoms with Crippen LogP contribution < -0.4 is 5.73 Å². The lowest BCUT2D eigenvalue weighted by Gasteiger charge is -2.21. The average Bonchev–Trinajstić information content (AvgIpc) is 3.03. The standard InChI is InChI=1S/C11H20O4.C10H14N5O4P/c1-10(2,3)14-8(12)7-9(13)15-11(4,5)6;1-6(2)10(19-5-20(16,17)18)15-4-14-7-8(11)12-3-13-9(7)15/h7H2,1-6H3;3-4,10H,1,5H2,2H3,(H2,11,12,13)(H2,16,17,18). The van der Waals surface area contributed by atoms with Crippen LogP contribution in [0.15, 0.2) is 24.8 Å². The van der Waals surface area contributed by atoms with Crippen molar-refractivity contribution in [3.8, 4) is 0 Å².